The molecule has 4 heteroatoms. The SMILES string of the molecule is COc1cccc(CCC(=O)c2ccccc2)c1C(=O)O. The Labute approximate surface area is 123 Å². The Morgan fingerprint density at radius 1 is 1.05 bits per heavy atom. The molecule has 0 aliphatic rings. The highest BCUT2D eigenvalue weighted by molar-refractivity contribution is 5.97. The topological polar surface area (TPSA) is 63.6 Å². The van der Waals surface area contributed by atoms with Crippen molar-refractivity contribution < 1.29 is 19.4 Å². The van der Waals surface area contributed by atoms with Gasteiger partial charge in [0.1, 0.15) is 11.3 Å². The minimum Gasteiger partial charge on any atom is -0.496 e. The second kappa shape index (κ2) is 6.70. The lowest BCUT2D eigenvalue weighted by atomic mass is 9.98. The number of Topliss-reactive ketones (excluding diaryl/α,β-unsaturated/α-hetero) is 1. The molecule has 0 saturated carbocycles. The number of carbonyl (C=O) groups excluding carboxylic acids is 1. The first kappa shape index (κ1) is 14.8. The minimum atomic E-state index is -1.05. The number of benzene rings is 2. The van der Waals surface area contributed by atoms with Gasteiger partial charge >= 0.3 is 5.97 Å². The average molecular weight is 284 g/mol. The number of carboxylic acid groups (broad SMARTS) is 1. The van der Waals surface area contributed by atoms with E-state index < -0.39 is 5.97 Å². The van der Waals surface area contributed by atoms with Crippen molar-refractivity contribution in [2.45, 2.75) is 12.8 Å². The van der Waals surface area contributed by atoms with Crippen LogP contribution in [0.25, 0.3) is 0 Å². The third kappa shape index (κ3) is 3.48. The first-order chi connectivity index (χ1) is 10.1. The highest BCUT2D eigenvalue weighted by Crippen LogP contribution is 2.23. The van der Waals surface area contributed by atoms with Gasteiger partial charge in [0, 0.05) is 12.0 Å². The summed E-state index contributed by atoms with van der Waals surface area (Å²) in [6, 6.07) is 14.0. The number of hydrogen-bond donors (Lipinski definition) is 1. The summed E-state index contributed by atoms with van der Waals surface area (Å²) in [4.78, 5) is 23.4. The molecule has 0 atom stereocenters. The average Bonchev–Trinajstić information content (AvgIpc) is 2.52. The quantitative estimate of drug-likeness (QED) is 0.827. The highest BCUT2D eigenvalue weighted by atomic mass is 16.5. The van der Waals surface area contributed by atoms with Gasteiger partial charge in [0.2, 0.25) is 0 Å². The Morgan fingerprint density at radius 2 is 1.76 bits per heavy atom. The first-order valence-electron chi connectivity index (χ1n) is 6.61. The summed E-state index contributed by atoms with van der Waals surface area (Å²) >= 11 is 0. The fourth-order valence-corrected chi connectivity index (χ4v) is 2.21. The number of rotatable bonds is 6. The predicted octanol–water partition coefficient (Wildman–Crippen LogP) is 3.21. The lowest BCUT2D eigenvalue weighted by Gasteiger charge is -2.10. The lowest BCUT2D eigenvalue weighted by molar-refractivity contribution is 0.0691. The van der Waals surface area contributed by atoms with E-state index in [9.17, 15) is 14.7 Å². The van der Waals surface area contributed by atoms with E-state index in [0.29, 0.717) is 23.3 Å². The van der Waals surface area contributed by atoms with Crippen molar-refractivity contribution >= 4 is 11.8 Å². The summed E-state index contributed by atoms with van der Waals surface area (Å²) in [7, 11) is 1.43. The molecule has 0 bridgehead atoms. The fourth-order valence-electron chi connectivity index (χ4n) is 2.21. The van der Waals surface area contributed by atoms with Crippen molar-refractivity contribution in [3.05, 3.63) is 65.2 Å². The standard InChI is InChI=1S/C17H16O4/c1-21-15-9-5-8-13(16(15)17(19)20)10-11-14(18)12-6-3-2-4-7-12/h2-9H,10-11H2,1H3,(H,19,20). The molecule has 2 aromatic rings. The van der Waals surface area contributed by atoms with E-state index in [-0.39, 0.29) is 17.8 Å². The molecule has 0 radical (unpaired) electrons. The second-order valence-electron chi connectivity index (χ2n) is 4.59. The molecule has 0 aliphatic heterocycles. The Hall–Kier alpha value is -2.62. The summed E-state index contributed by atoms with van der Waals surface area (Å²) in [5, 5.41) is 9.29. The third-order valence-electron chi connectivity index (χ3n) is 3.26. The van der Waals surface area contributed by atoms with Crippen LogP contribution in [-0.2, 0) is 6.42 Å². The molecule has 108 valence electrons. The molecular formula is C17H16O4. The van der Waals surface area contributed by atoms with Gasteiger partial charge in [-0.2, -0.15) is 0 Å². The van der Waals surface area contributed by atoms with Crippen LogP contribution in [0.2, 0.25) is 0 Å². The van der Waals surface area contributed by atoms with Gasteiger partial charge in [-0.1, -0.05) is 42.5 Å². The van der Waals surface area contributed by atoms with Gasteiger partial charge in [-0.25, -0.2) is 4.79 Å². The van der Waals surface area contributed by atoms with Crippen LogP contribution in [0.15, 0.2) is 48.5 Å². The summed E-state index contributed by atoms with van der Waals surface area (Å²) in [5.74, 6) is -0.739. The van der Waals surface area contributed by atoms with Gasteiger partial charge in [0.05, 0.1) is 7.11 Å². The van der Waals surface area contributed by atoms with Crippen LogP contribution in [0.3, 0.4) is 0 Å². The molecule has 21 heavy (non-hydrogen) atoms. The van der Waals surface area contributed by atoms with Crippen molar-refractivity contribution in [3.8, 4) is 5.75 Å². The molecular weight excluding hydrogens is 268 g/mol. The Balaban J connectivity index is 2.17. The van der Waals surface area contributed by atoms with Gasteiger partial charge in [-0.05, 0) is 18.1 Å². The van der Waals surface area contributed by atoms with Gasteiger partial charge in [0.15, 0.2) is 5.78 Å². The van der Waals surface area contributed by atoms with Crippen LogP contribution >= 0.6 is 0 Å². The molecule has 0 amide bonds. The van der Waals surface area contributed by atoms with Crippen LogP contribution < -0.4 is 4.74 Å². The molecule has 0 heterocycles. The molecule has 0 fully saturated rings. The zero-order chi connectivity index (χ0) is 15.2. The fraction of sp³-hybridized carbons (Fsp3) is 0.176. The Bertz CT molecular complexity index is 647. The number of carbonyl (C=O) groups is 2. The van der Waals surface area contributed by atoms with E-state index in [0.717, 1.165) is 0 Å². The smallest absolute Gasteiger partial charge is 0.339 e. The van der Waals surface area contributed by atoms with E-state index >= 15 is 0 Å². The second-order valence-corrected chi connectivity index (χ2v) is 4.59. The number of aromatic carboxylic acids is 1. The van der Waals surface area contributed by atoms with Gasteiger partial charge < -0.3 is 9.84 Å². The van der Waals surface area contributed by atoms with E-state index in [4.69, 9.17) is 4.74 Å². The minimum absolute atomic E-state index is 0.00485. The monoisotopic (exact) mass is 284 g/mol. The van der Waals surface area contributed by atoms with Crippen LogP contribution in [-0.4, -0.2) is 24.0 Å². The lowest BCUT2D eigenvalue weighted by Crippen LogP contribution is -2.08. The molecule has 0 saturated heterocycles. The summed E-state index contributed by atoms with van der Waals surface area (Å²) in [6.07, 6.45) is 0.629. The van der Waals surface area contributed by atoms with Crippen LogP contribution in [0.1, 0.15) is 32.7 Å². The zero-order valence-electron chi connectivity index (χ0n) is 11.7. The number of carboxylic acids is 1. The van der Waals surface area contributed by atoms with E-state index in [2.05, 4.69) is 0 Å². The maximum Gasteiger partial charge on any atom is 0.339 e. The molecule has 2 aromatic carbocycles. The highest BCUT2D eigenvalue weighted by Gasteiger charge is 2.17. The summed E-state index contributed by atoms with van der Waals surface area (Å²) in [5.41, 5.74) is 1.37. The Morgan fingerprint density at radius 3 is 2.38 bits per heavy atom. The molecule has 0 aliphatic carbocycles. The van der Waals surface area contributed by atoms with Crippen LogP contribution in [0.5, 0.6) is 5.75 Å². The number of ketones is 1. The van der Waals surface area contributed by atoms with Crippen molar-refractivity contribution in [1.29, 1.82) is 0 Å². The molecule has 0 aromatic heterocycles. The van der Waals surface area contributed by atoms with Crippen molar-refractivity contribution in [2.75, 3.05) is 7.11 Å². The van der Waals surface area contributed by atoms with Gasteiger partial charge in [0.25, 0.3) is 0 Å². The maximum atomic E-state index is 12.1. The normalized spacial score (nSPS) is 10.1. The molecule has 0 spiro atoms. The number of aryl methyl sites for hydroxylation is 1. The molecule has 1 N–H and O–H groups in total. The zero-order valence-corrected chi connectivity index (χ0v) is 11.7. The van der Waals surface area contributed by atoms with Gasteiger partial charge in [-0.15, -0.1) is 0 Å². The van der Waals surface area contributed by atoms with E-state index in [1.807, 2.05) is 18.2 Å². The maximum absolute atomic E-state index is 12.1. The van der Waals surface area contributed by atoms with Crippen LogP contribution in [0.4, 0.5) is 0 Å². The largest absolute Gasteiger partial charge is 0.496 e. The van der Waals surface area contributed by atoms with Crippen molar-refractivity contribution in [1.82, 2.24) is 0 Å². The first-order valence-corrected chi connectivity index (χ1v) is 6.61. The molecule has 4 nitrogen and oxygen atoms in total. The predicted molar refractivity (Wildman–Crippen MR) is 79.0 cm³/mol. The number of ether oxygens (including phenoxy) is 1. The van der Waals surface area contributed by atoms with Crippen molar-refractivity contribution in [3.63, 3.8) is 0 Å². The summed E-state index contributed by atoms with van der Waals surface area (Å²) < 4.78 is 5.07. The number of methoxy groups -OCH3 is 1. The van der Waals surface area contributed by atoms with Gasteiger partial charge in [-0.3, -0.25) is 4.79 Å². The number of hydrogen-bond acceptors (Lipinski definition) is 3. The molecule has 2 rings (SSSR count). The summed E-state index contributed by atoms with van der Waals surface area (Å²) in [6.45, 7) is 0. The third-order valence-corrected chi connectivity index (χ3v) is 3.26. The molecule has 0 unspecified atom stereocenters. The van der Waals surface area contributed by atoms with E-state index in [1.54, 1.807) is 30.3 Å². The van der Waals surface area contributed by atoms with E-state index in [1.165, 1.54) is 7.11 Å². The van der Waals surface area contributed by atoms with Crippen molar-refractivity contribution in [2.24, 2.45) is 0 Å². The Kier molecular flexibility index (Phi) is 4.72. The van der Waals surface area contributed by atoms with Crippen LogP contribution in [0, 0.1) is 0 Å².